The van der Waals surface area contributed by atoms with E-state index in [1.54, 1.807) is 13.3 Å². The topological polar surface area (TPSA) is 71.5 Å². The van der Waals surface area contributed by atoms with Gasteiger partial charge >= 0.3 is 6.03 Å². The molecule has 2 fully saturated rings. The van der Waals surface area contributed by atoms with Crippen LogP contribution in [0.5, 0.6) is 5.75 Å². The molecule has 1 saturated carbocycles. The van der Waals surface area contributed by atoms with E-state index in [0.717, 1.165) is 79.5 Å². The number of methoxy groups -OCH3 is 1. The maximum Gasteiger partial charge on any atom is 0.317 e. The van der Waals surface area contributed by atoms with Crippen molar-refractivity contribution in [3.63, 3.8) is 0 Å². The quantitative estimate of drug-likeness (QED) is 0.405. The van der Waals surface area contributed by atoms with Crippen LogP contribution in [0.15, 0.2) is 18.3 Å². The highest BCUT2D eigenvalue weighted by atomic mass is 16.5. The van der Waals surface area contributed by atoms with Crippen molar-refractivity contribution >= 4 is 22.7 Å². The van der Waals surface area contributed by atoms with E-state index in [2.05, 4.69) is 30.2 Å². The first kappa shape index (κ1) is 23.5. The number of carbonyl (C=O) groups is 2. The van der Waals surface area contributed by atoms with Gasteiger partial charge < -0.3 is 15.0 Å². The van der Waals surface area contributed by atoms with Crippen LogP contribution in [0.25, 0.3) is 10.9 Å². The summed E-state index contributed by atoms with van der Waals surface area (Å²) < 4.78 is 5.76. The number of hydrogen-bond donors (Lipinski definition) is 1. The van der Waals surface area contributed by atoms with Crippen LogP contribution in [-0.4, -0.2) is 48.4 Å². The number of amides is 2. The molecule has 1 aliphatic heterocycles. The number of aryl methyl sites for hydroxylation is 1. The molecule has 0 bridgehead atoms. The minimum absolute atomic E-state index is 0.0451. The van der Waals surface area contributed by atoms with Crippen molar-refractivity contribution in [2.75, 3.05) is 26.7 Å². The normalized spacial score (nSPS) is 16.8. The molecule has 1 aromatic carbocycles. The average Bonchev–Trinajstić information content (AvgIpc) is 3.66. The number of ether oxygens (including phenoxy) is 1. The fourth-order valence-electron chi connectivity index (χ4n) is 4.98. The summed E-state index contributed by atoms with van der Waals surface area (Å²) in [5.74, 6) is 1.96. The van der Waals surface area contributed by atoms with E-state index >= 15 is 0 Å². The predicted octanol–water partition coefficient (Wildman–Crippen LogP) is 5.48. The van der Waals surface area contributed by atoms with E-state index in [0.29, 0.717) is 18.3 Å². The third-order valence-electron chi connectivity index (χ3n) is 7.18. The van der Waals surface area contributed by atoms with E-state index in [-0.39, 0.29) is 11.8 Å². The lowest BCUT2D eigenvalue weighted by molar-refractivity contribution is 0.0975. The van der Waals surface area contributed by atoms with Crippen molar-refractivity contribution < 1.29 is 14.3 Å². The SMILES string of the molecule is CCCCNC(=O)N1CCC(c2cc3c(CC)c(C(=O)CC4CC4)cnc3cc2OC)CC1. The molecule has 1 aliphatic carbocycles. The zero-order valence-electron chi connectivity index (χ0n) is 20.3. The Morgan fingerprint density at radius 2 is 1.91 bits per heavy atom. The molecule has 178 valence electrons. The van der Waals surface area contributed by atoms with Gasteiger partial charge in [-0.25, -0.2) is 4.79 Å². The Kier molecular flexibility index (Phi) is 7.51. The Morgan fingerprint density at radius 1 is 1.15 bits per heavy atom. The van der Waals surface area contributed by atoms with Crippen molar-refractivity contribution in [3.05, 3.63) is 35.0 Å². The molecule has 0 spiro atoms. The van der Waals surface area contributed by atoms with Gasteiger partial charge in [-0.3, -0.25) is 9.78 Å². The number of fused-ring (bicyclic) bond motifs is 1. The molecule has 1 saturated heterocycles. The number of pyridine rings is 1. The third-order valence-corrected chi connectivity index (χ3v) is 7.18. The molecule has 2 aromatic rings. The van der Waals surface area contributed by atoms with Gasteiger partial charge in [0.1, 0.15) is 5.75 Å². The zero-order chi connectivity index (χ0) is 23.4. The highest BCUT2D eigenvalue weighted by Crippen LogP contribution is 2.39. The predicted molar refractivity (Wildman–Crippen MR) is 131 cm³/mol. The Labute approximate surface area is 197 Å². The molecule has 0 atom stereocenters. The summed E-state index contributed by atoms with van der Waals surface area (Å²) in [4.78, 5) is 31.9. The van der Waals surface area contributed by atoms with Crippen LogP contribution in [0, 0.1) is 5.92 Å². The summed E-state index contributed by atoms with van der Waals surface area (Å²) in [5.41, 5.74) is 3.93. The number of benzene rings is 1. The number of piperidine rings is 1. The van der Waals surface area contributed by atoms with Crippen molar-refractivity contribution in [3.8, 4) is 5.75 Å². The van der Waals surface area contributed by atoms with Gasteiger partial charge in [0.15, 0.2) is 5.78 Å². The second-order valence-electron chi connectivity index (χ2n) is 9.53. The number of Topliss-reactive ketones (excluding diaryl/α,β-unsaturated/α-hetero) is 1. The van der Waals surface area contributed by atoms with Gasteiger partial charge in [-0.1, -0.05) is 20.3 Å². The highest BCUT2D eigenvalue weighted by molar-refractivity contribution is 6.02. The maximum absolute atomic E-state index is 12.9. The van der Waals surface area contributed by atoms with E-state index in [9.17, 15) is 9.59 Å². The zero-order valence-corrected chi connectivity index (χ0v) is 20.3. The number of unbranched alkanes of at least 4 members (excludes halogenated alkanes) is 1. The van der Waals surface area contributed by atoms with Crippen LogP contribution < -0.4 is 10.1 Å². The van der Waals surface area contributed by atoms with Gasteiger partial charge in [0.25, 0.3) is 0 Å². The van der Waals surface area contributed by atoms with Gasteiger partial charge in [-0.05, 0) is 67.6 Å². The minimum Gasteiger partial charge on any atom is -0.496 e. The molecular formula is C27H37N3O3. The molecule has 4 rings (SSSR count). The molecule has 0 unspecified atom stereocenters. The van der Waals surface area contributed by atoms with Crippen LogP contribution >= 0.6 is 0 Å². The van der Waals surface area contributed by atoms with Crippen LogP contribution in [0.3, 0.4) is 0 Å². The summed E-state index contributed by atoms with van der Waals surface area (Å²) in [6.07, 6.45) is 9.43. The fourth-order valence-corrected chi connectivity index (χ4v) is 4.98. The minimum atomic E-state index is 0.0451. The molecular weight excluding hydrogens is 414 g/mol. The number of carbonyl (C=O) groups excluding carboxylic acids is 2. The van der Waals surface area contributed by atoms with Gasteiger partial charge in [0.05, 0.1) is 12.6 Å². The third kappa shape index (κ3) is 5.31. The van der Waals surface area contributed by atoms with Crippen molar-refractivity contribution in [2.45, 2.75) is 71.1 Å². The average molecular weight is 452 g/mol. The number of aromatic nitrogens is 1. The van der Waals surface area contributed by atoms with Gasteiger partial charge in [0.2, 0.25) is 0 Å². The summed E-state index contributed by atoms with van der Waals surface area (Å²) >= 11 is 0. The molecule has 1 N–H and O–H groups in total. The van der Waals surface area contributed by atoms with Crippen LogP contribution in [-0.2, 0) is 6.42 Å². The van der Waals surface area contributed by atoms with E-state index in [1.165, 1.54) is 18.4 Å². The maximum atomic E-state index is 12.9. The number of nitrogens with zero attached hydrogens (tertiary/aromatic N) is 2. The number of nitrogens with one attached hydrogen (secondary N) is 1. The molecule has 33 heavy (non-hydrogen) atoms. The van der Waals surface area contributed by atoms with Crippen LogP contribution in [0.4, 0.5) is 4.79 Å². The molecule has 6 heteroatoms. The number of urea groups is 1. The van der Waals surface area contributed by atoms with E-state index in [4.69, 9.17) is 4.74 Å². The molecule has 6 nitrogen and oxygen atoms in total. The molecule has 0 radical (unpaired) electrons. The van der Waals surface area contributed by atoms with Gasteiger partial charge in [0, 0.05) is 49.3 Å². The Morgan fingerprint density at radius 3 is 2.55 bits per heavy atom. The van der Waals surface area contributed by atoms with Crippen molar-refractivity contribution in [2.24, 2.45) is 5.92 Å². The van der Waals surface area contributed by atoms with E-state index < -0.39 is 0 Å². The smallest absolute Gasteiger partial charge is 0.317 e. The van der Waals surface area contributed by atoms with Crippen LogP contribution in [0.2, 0.25) is 0 Å². The van der Waals surface area contributed by atoms with Gasteiger partial charge in [-0.15, -0.1) is 0 Å². The number of likely N-dealkylation sites (tertiary alicyclic amines) is 1. The number of rotatable bonds is 9. The monoisotopic (exact) mass is 451 g/mol. The van der Waals surface area contributed by atoms with E-state index in [1.807, 2.05) is 11.0 Å². The Hall–Kier alpha value is -2.63. The second kappa shape index (κ2) is 10.5. The number of hydrogen-bond acceptors (Lipinski definition) is 4. The molecule has 2 aliphatic rings. The first-order chi connectivity index (χ1) is 16.0. The first-order valence-electron chi connectivity index (χ1n) is 12.6. The summed E-state index contributed by atoms with van der Waals surface area (Å²) in [7, 11) is 1.70. The first-order valence-corrected chi connectivity index (χ1v) is 12.6. The highest BCUT2D eigenvalue weighted by Gasteiger charge is 2.28. The standard InChI is InChI=1S/C27H37N3O3/c1-4-6-11-28-27(32)30-12-9-19(10-13-30)21-15-22-20(5-2)23(25(31)14-18-7-8-18)17-29-24(22)16-26(21)33-3/h15-19H,4-14H2,1-3H3,(H,28,32). The number of ketones is 1. The molecule has 2 amide bonds. The second-order valence-corrected chi connectivity index (χ2v) is 9.53. The Bertz CT molecular complexity index is 1010. The lowest BCUT2D eigenvalue weighted by Crippen LogP contribution is -2.44. The van der Waals surface area contributed by atoms with Crippen molar-refractivity contribution in [1.29, 1.82) is 0 Å². The summed E-state index contributed by atoms with van der Waals surface area (Å²) in [6.45, 7) is 6.45. The lowest BCUT2D eigenvalue weighted by Gasteiger charge is -2.33. The van der Waals surface area contributed by atoms with Crippen LogP contribution in [0.1, 0.15) is 86.2 Å². The Balaban J connectivity index is 1.57. The summed E-state index contributed by atoms with van der Waals surface area (Å²) in [5, 5.41) is 4.09. The lowest BCUT2D eigenvalue weighted by atomic mass is 9.86. The van der Waals surface area contributed by atoms with Crippen molar-refractivity contribution in [1.82, 2.24) is 15.2 Å². The largest absolute Gasteiger partial charge is 0.496 e. The molecule has 2 heterocycles. The summed E-state index contributed by atoms with van der Waals surface area (Å²) in [6, 6.07) is 4.27. The fraction of sp³-hybridized carbons (Fsp3) is 0.593. The molecule has 1 aromatic heterocycles. The van der Waals surface area contributed by atoms with Gasteiger partial charge in [-0.2, -0.15) is 0 Å².